The van der Waals surface area contributed by atoms with Gasteiger partial charge < -0.3 is 10.6 Å². The topological polar surface area (TPSA) is 41.1 Å². The normalized spacial score (nSPS) is 12.2. The zero-order valence-electron chi connectivity index (χ0n) is 10.6. The first-order chi connectivity index (χ1) is 8.51. The van der Waals surface area contributed by atoms with Crippen molar-refractivity contribution in [3.63, 3.8) is 0 Å². The van der Waals surface area contributed by atoms with Crippen LogP contribution < -0.4 is 10.6 Å². The quantitative estimate of drug-likeness (QED) is 0.838. The maximum Gasteiger partial charge on any atom is 0.225 e. The molecule has 5 heteroatoms. The van der Waals surface area contributed by atoms with Crippen molar-refractivity contribution in [3.8, 4) is 0 Å². The Hall–Kier alpha value is -0.770. The van der Waals surface area contributed by atoms with Gasteiger partial charge in [-0.3, -0.25) is 4.79 Å². The van der Waals surface area contributed by atoms with Crippen LogP contribution in [0.1, 0.15) is 26.7 Å². The summed E-state index contributed by atoms with van der Waals surface area (Å²) in [5, 5.41) is 7.05. The van der Waals surface area contributed by atoms with Gasteiger partial charge in [0.25, 0.3) is 0 Å². The highest BCUT2D eigenvalue weighted by molar-refractivity contribution is 6.35. The molecule has 0 aromatic heterocycles. The molecule has 1 rings (SSSR count). The number of amides is 1. The van der Waals surface area contributed by atoms with E-state index in [1.807, 2.05) is 0 Å². The van der Waals surface area contributed by atoms with Crippen molar-refractivity contribution < 1.29 is 4.79 Å². The summed E-state index contributed by atoms with van der Waals surface area (Å²) >= 11 is 11.7. The van der Waals surface area contributed by atoms with Gasteiger partial charge in [-0.15, -0.1) is 0 Å². The van der Waals surface area contributed by atoms with E-state index in [2.05, 4.69) is 24.5 Å². The van der Waals surface area contributed by atoms with Gasteiger partial charge in [-0.25, -0.2) is 0 Å². The Kier molecular flexibility index (Phi) is 6.47. The van der Waals surface area contributed by atoms with E-state index in [9.17, 15) is 4.79 Å². The van der Waals surface area contributed by atoms with Gasteiger partial charge in [0.15, 0.2) is 0 Å². The largest absolute Gasteiger partial charge is 0.326 e. The first-order valence-corrected chi connectivity index (χ1v) is 6.76. The van der Waals surface area contributed by atoms with Gasteiger partial charge in [-0.05, 0) is 31.5 Å². The number of carbonyl (C=O) groups is 1. The molecule has 3 nitrogen and oxygen atoms in total. The van der Waals surface area contributed by atoms with Gasteiger partial charge in [0.05, 0.1) is 0 Å². The highest BCUT2D eigenvalue weighted by Gasteiger charge is 2.05. The molecule has 0 bridgehead atoms. The lowest BCUT2D eigenvalue weighted by atomic mass is 10.2. The molecule has 1 aromatic rings. The smallest absolute Gasteiger partial charge is 0.225 e. The van der Waals surface area contributed by atoms with E-state index >= 15 is 0 Å². The number of nitrogens with one attached hydrogen (secondary N) is 2. The summed E-state index contributed by atoms with van der Waals surface area (Å²) in [6.07, 6.45) is 1.47. The minimum absolute atomic E-state index is 0.0517. The maximum absolute atomic E-state index is 11.7. The van der Waals surface area contributed by atoms with E-state index in [-0.39, 0.29) is 5.91 Å². The summed E-state index contributed by atoms with van der Waals surface area (Å²) in [6.45, 7) is 4.86. The number of hydrogen-bond acceptors (Lipinski definition) is 2. The van der Waals surface area contributed by atoms with Crippen molar-refractivity contribution in [1.29, 1.82) is 0 Å². The van der Waals surface area contributed by atoms with Crippen LogP contribution in [0.2, 0.25) is 10.0 Å². The molecular formula is C13H18Cl2N2O. The number of halogens is 2. The standard InChI is InChI=1S/C13H18Cl2N2O/c1-3-9(2)16-5-4-13(18)17-12-7-10(14)6-11(15)8-12/h6-9,16H,3-5H2,1-2H3,(H,17,18). The van der Waals surface area contributed by atoms with Gasteiger partial charge in [0, 0.05) is 34.7 Å². The fraction of sp³-hybridized carbons (Fsp3) is 0.462. The summed E-state index contributed by atoms with van der Waals surface area (Å²) in [6, 6.07) is 5.41. The molecule has 0 saturated carbocycles. The molecule has 0 spiro atoms. The third-order valence-electron chi connectivity index (χ3n) is 2.60. The van der Waals surface area contributed by atoms with E-state index in [0.717, 1.165) is 6.42 Å². The second-order valence-electron chi connectivity index (χ2n) is 4.22. The molecule has 1 unspecified atom stereocenters. The van der Waals surface area contributed by atoms with E-state index < -0.39 is 0 Å². The summed E-state index contributed by atoms with van der Waals surface area (Å²) in [4.78, 5) is 11.7. The average Bonchev–Trinajstić information content (AvgIpc) is 2.27. The SMILES string of the molecule is CCC(C)NCCC(=O)Nc1cc(Cl)cc(Cl)c1. The molecule has 100 valence electrons. The lowest BCUT2D eigenvalue weighted by molar-refractivity contribution is -0.116. The van der Waals surface area contributed by atoms with Crippen LogP contribution >= 0.6 is 23.2 Å². The fourth-order valence-corrected chi connectivity index (χ4v) is 1.95. The van der Waals surface area contributed by atoms with E-state index in [1.54, 1.807) is 18.2 Å². The Morgan fingerprint density at radius 2 is 1.89 bits per heavy atom. The third kappa shape index (κ3) is 5.71. The lowest BCUT2D eigenvalue weighted by Crippen LogP contribution is -2.28. The number of hydrogen-bond donors (Lipinski definition) is 2. The fourth-order valence-electron chi connectivity index (χ4n) is 1.43. The van der Waals surface area contributed by atoms with Crippen molar-refractivity contribution >= 4 is 34.8 Å². The molecule has 1 amide bonds. The van der Waals surface area contributed by atoms with Crippen LogP contribution in [0, 0.1) is 0 Å². The summed E-state index contributed by atoms with van der Waals surface area (Å²) in [5.74, 6) is -0.0517. The average molecular weight is 289 g/mol. The second kappa shape index (κ2) is 7.62. The van der Waals surface area contributed by atoms with Gasteiger partial charge in [0.2, 0.25) is 5.91 Å². The molecule has 0 radical (unpaired) electrons. The molecule has 2 N–H and O–H groups in total. The number of rotatable bonds is 6. The molecule has 0 aliphatic rings. The first kappa shape index (κ1) is 15.3. The first-order valence-electron chi connectivity index (χ1n) is 6.00. The van der Waals surface area contributed by atoms with Crippen LogP contribution in [0.25, 0.3) is 0 Å². The summed E-state index contributed by atoms with van der Waals surface area (Å²) in [5.41, 5.74) is 0.626. The predicted molar refractivity (Wildman–Crippen MR) is 77.5 cm³/mol. The highest BCUT2D eigenvalue weighted by atomic mass is 35.5. The number of benzene rings is 1. The van der Waals surface area contributed by atoms with Crippen molar-refractivity contribution in [2.75, 3.05) is 11.9 Å². The lowest BCUT2D eigenvalue weighted by Gasteiger charge is -2.11. The van der Waals surface area contributed by atoms with Crippen LogP contribution in [0.4, 0.5) is 5.69 Å². The maximum atomic E-state index is 11.7. The van der Waals surface area contributed by atoms with Crippen LogP contribution in [-0.2, 0) is 4.79 Å². The number of carbonyl (C=O) groups excluding carboxylic acids is 1. The molecule has 0 aliphatic carbocycles. The monoisotopic (exact) mass is 288 g/mol. The summed E-state index contributed by atoms with van der Waals surface area (Å²) in [7, 11) is 0. The zero-order chi connectivity index (χ0) is 13.5. The van der Waals surface area contributed by atoms with Crippen LogP contribution in [0.15, 0.2) is 18.2 Å². The highest BCUT2D eigenvalue weighted by Crippen LogP contribution is 2.22. The summed E-state index contributed by atoms with van der Waals surface area (Å²) < 4.78 is 0. The van der Waals surface area contributed by atoms with E-state index in [4.69, 9.17) is 23.2 Å². The van der Waals surface area contributed by atoms with Crippen molar-refractivity contribution in [3.05, 3.63) is 28.2 Å². The molecule has 0 aliphatic heterocycles. The predicted octanol–water partition coefficient (Wildman–Crippen LogP) is 3.71. The Morgan fingerprint density at radius 3 is 2.44 bits per heavy atom. The van der Waals surface area contributed by atoms with Gasteiger partial charge in [-0.2, -0.15) is 0 Å². The van der Waals surface area contributed by atoms with Gasteiger partial charge in [-0.1, -0.05) is 30.1 Å². The van der Waals surface area contributed by atoms with Gasteiger partial charge in [0.1, 0.15) is 0 Å². The zero-order valence-corrected chi connectivity index (χ0v) is 12.1. The van der Waals surface area contributed by atoms with Crippen molar-refractivity contribution in [1.82, 2.24) is 5.32 Å². The number of anilines is 1. The van der Waals surface area contributed by atoms with Crippen LogP contribution in [-0.4, -0.2) is 18.5 Å². The molecular weight excluding hydrogens is 271 g/mol. The Bertz CT molecular complexity index is 390. The van der Waals surface area contributed by atoms with Crippen LogP contribution in [0.3, 0.4) is 0 Å². The molecule has 0 fully saturated rings. The molecule has 0 heterocycles. The minimum atomic E-state index is -0.0517. The third-order valence-corrected chi connectivity index (χ3v) is 3.04. The van der Waals surface area contributed by atoms with Gasteiger partial charge >= 0.3 is 0 Å². The minimum Gasteiger partial charge on any atom is -0.326 e. The Labute approximate surface area is 118 Å². The molecule has 1 atom stereocenters. The van der Waals surface area contributed by atoms with E-state index in [0.29, 0.717) is 34.7 Å². The molecule has 1 aromatic carbocycles. The Balaban J connectivity index is 2.40. The van der Waals surface area contributed by atoms with Crippen molar-refractivity contribution in [2.45, 2.75) is 32.7 Å². The van der Waals surface area contributed by atoms with Crippen molar-refractivity contribution in [2.24, 2.45) is 0 Å². The second-order valence-corrected chi connectivity index (χ2v) is 5.09. The molecule has 0 saturated heterocycles. The Morgan fingerprint density at radius 1 is 1.28 bits per heavy atom. The van der Waals surface area contributed by atoms with E-state index in [1.165, 1.54) is 0 Å². The van der Waals surface area contributed by atoms with Crippen LogP contribution in [0.5, 0.6) is 0 Å². The molecule has 18 heavy (non-hydrogen) atoms.